The monoisotopic (exact) mass is 347 g/mol. The molecule has 130 valence electrons. The van der Waals surface area contributed by atoms with Crippen molar-refractivity contribution < 1.29 is 9.53 Å². The van der Waals surface area contributed by atoms with Crippen LogP contribution in [0, 0.1) is 12.3 Å². The second kappa shape index (κ2) is 7.77. The van der Waals surface area contributed by atoms with E-state index in [9.17, 15) is 4.79 Å². The van der Waals surface area contributed by atoms with E-state index in [0.29, 0.717) is 24.5 Å². The molecule has 0 saturated carbocycles. The number of rotatable bonds is 7. The predicted molar refractivity (Wildman–Crippen MR) is 99.5 cm³/mol. The average Bonchev–Trinajstić information content (AvgIpc) is 2.97. The molecule has 0 aliphatic heterocycles. The molecule has 0 radical (unpaired) electrons. The lowest BCUT2D eigenvalue weighted by atomic mass is 9.81. The fraction of sp³-hybridized carbons (Fsp3) is 0.444. The predicted octanol–water partition coefficient (Wildman–Crippen LogP) is 3.83. The molecule has 6 heteroatoms. The van der Waals surface area contributed by atoms with Crippen LogP contribution in [0.1, 0.15) is 31.6 Å². The fourth-order valence-corrected chi connectivity index (χ4v) is 3.48. The normalized spacial score (nSPS) is 11.4. The molecule has 1 amide bonds. The lowest BCUT2D eigenvalue weighted by Gasteiger charge is -2.27. The molecule has 1 aromatic heterocycles. The molecule has 24 heavy (non-hydrogen) atoms. The Morgan fingerprint density at radius 1 is 1.29 bits per heavy atom. The van der Waals surface area contributed by atoms with E-state index in [4.69, 9.17) is 10.5 Å². The number of carbonyl (C=O) groups excluding carboxylic acids is 1. The van der Waals surface area contributed by atoms with Gasteiger partial charge in [0.1, 0.15) is 5.75 Å². The first-order valence-electron chi connectivity index (χ1n) is 8.13. The van der Waals surface area contributed by atoms with Gasteiger partial charge in [0.2, 0.25) is 5.91 Å². The van der Waals surface area contributed by atoms with Crippen LogP contribution in [0.5, 0.6) is 5.75 Å². The van der Waals surface area contributed by atoms with Crippen molar-refractivity contribution in [1.29, 1.82) is 0 Å². The van der Waals surface area contributed by atoms with Gasteiger partial charge in [0, 0.05) is 17.0 Å². The molecule has 0 saturated heterocycles. The Bertz CT molecular complexity index is 683. The first-order chi connectivity index (χ1) is 11.5. The summed E-state index contributed by atoms with van der Waals surface area (Å²) in [6.45, 7) is 6.32. The summed E-state index contributed by atoms with van der Waals surface area (Å²) in [5.74, 6) is 0.754. The smallest absolute Gasteiger partial charge is 0.233 e. The van der Waals surface area contributed by atoms with Crippen LogP contribution in [0.15, 0.2) is 24.3 Å². The molecule has 0 bridgehead atoms. The van der Waals surface area contributed by atoms with Gasteiger partial charge in [-0.15, -0.1) is 11.3 Å². The molecule has 2 aromatic rings. The second-order valence-corrected chi connectivity index (χ2v) is 7.00. The zero-order chi connectivity index (χ0) is 17.7. The van der Waals surface area contributed by atoms with Crippen molar-refractivity contribution in [3.63, 3.8) is 0 Å². The van der Waals surface area contributed by atoms with Crippen LogP contribution in [-0.4, -0.2) is 24.5 Å². The number of nitrogens with one attached hydrogen (secondary N) is 1. The minimum Gasteiger partial charge on any atom is -0.497 e. The van der Waals surface area contributed by atoms with Crippen LogP contribution < -0.4 is 15.8 Å². The van der Waals surface area contributed by atoms with Gasteiger partial charge in [-0.25, -0.2) is 4.98 Å². The maximum absolute atomic E-state index is 12.6. The highest BCUT2D eigenvalue weighted by atomic mass is 32.1. The van der Waals surface area contributed by atoms with E-state index in [1.165, 1.54) is 11.3 Å². The molecular weight excluding hydrogens is 322 g/mol. The number of benzene rings is 1. The molecule has 0 aliphatic carbocycles. The van der Waals surface area contributed by atoms with E-state index < -0.39 is 5.41 Å². The van der Waals surface area contributed by atoms with Crippen LogP contribution in [0.3, 0.4) is 0 Å². The number of hydrogen-bond donors (Lipinski definition) is 2. The van der Waals surface area contributed by atoms with Crippen molar-refractivity contribution in [3.05, 3.63) is 29.1 Å². The summed E-state index contributed by atoms with van der Waals surface area (Å²) < 4.78 is 5.18. The quantitative estimate of drug-likeness (QED) is 0.798. The number of nitrogens with two attached hydrogens (primary N) is 1. The van der Waals surface area contributed by atoms with Crippen molar-refractivity contribution in [3.8, 4) is 17.0 Å². The zero-order valence-corrected chi connectivity index (χ0v) is 15.5. The third-order valence-electron chi connectivity index (χ3n) is 4.61. The summed E-state index contributed by atoms with van der Waals surface area (Å²) in [6.07, 6.45) is 1.42. The number of ether oxygens (including phenoxy) is 1. The van der Waals surface area contributed by atoms with Gasteiger partial charge >= 0.3 is 0 Å². The van der Waals surface area contributed by atoms with Gasteiger partial charge in [-0.3, -0.25) is 4.79 Å². The number of carbonyl (C=O) groups is 1. The van der Waals surface area contributed by atoms with Crippen LogP contribution in [-0.2, 0) is 4.79 Å². The first-order valence-corrected chi connectivity index (χ1v) is 8.94. The largest absolute Gasteiger partial charge is 0.497 e. The van der Waals surface area contributed by atoms with Crippen LogP contribution in [0.25, 0.3) is 11.3 Å². The summed E-state index contributed by atoms with van der Waals surface area (Å²) in [6, 6.07) is 7.74. The van der Waals surface area contributed by atoms with Crippen molar-refractivity contribution in [2.75, 3.05) is 19.0 Å². The number of aromatic nitrogens is 1. The highest BCUT2D eigenvalue weighted by Crippen LogP contribution is 2.33. The number of methoxy groups -OCH3 is 1. The maximum Gasteiger partial charge on any atom is 0.233 e. The van der Waals surface area contributed by atoms with Gasteiger partial charge in [0.25, 0.3) is 0 Å². The molecule has 1 aromatic carbocycles. The molecule has 0 fully saturated rings. The number of hydrogen-bond acceptors (Lipinski definition) is 5. The van der Waals surface area contributed by atoms with Gasteiger partial charge in [0.05, 0.1) is 18.2 Å². The van der Waals surface area contributed by atoms with Crippen LogP contribution >= 0.6 is 11.3 Å². The van der Waals surface area contributed by atoms with Crippen molar-refractivity contribution in [1.82, 2.24) is 4.98 Å². The highest BCUT2D eigenvalue weighted by Gasteiger charge is 2.34. The Labute approximate surface area is 147 Å². The van der Waals surface area contributed by atoms with E-state index >= 15 is 0 Å². The Balaban J connectivity index is 2.23. The topological polar surface area (TPSA) is 77.2 Å². The van der Waals surface area contributed by atoms with E-state index in [0.717, 1.165) is 21.9 Å². The maximum atomic E-state index is 12.6. The number of thiazole rings is 1. The van der Waals surface area contributed by atoms with Crippen LogP contribution in [0.4, 0.5) is 5.13 Å². The first kappa shape index (κ1) is 18.4. The number of amides is 1. The molecule has 2 rings (SSSR count). The number of aryl methyl sites for hydroxylation is 1. The third-order valence-corrected chi connectivity index (χ3v) is 5.49. The summed E-state index contributed by atoms with van der Waals surface area (Å²) >= 11 is 1.48. The van der Waals surface area contributed by atoms with Gasteiger partial charge < -0.3 is 15.8 Å². The number of anilines is 1. The second-order valence-electron chi connectivity index (χ2n) is 5.80. The summed E-state index contributed by atoms with van der Waals surface area (Å²) in [4.78, 5) is 18.3. The molecule has 0 unspecified atom stereocenters. The van der Waals surface area contributed by atoms with Crippen molar-refractivity contribution in [2.45, 2.75) is 33.6 Å². The minimum absolute atomic E-state index is 0.0509. The standard InChI is InChI=1S/C18H25N3O2S/c1-5-18(6-2,11-19)16(22)21-17-20-15(12(3)24-17)13-7-9-14(23-4)10-8-13/h7-10H,5-6,11,19H2,1-4H3,(H,20,21,22). The Morgan fingerprint density at radius 3 is 2.42 bits per heavy atom. The van der Waals surface area contributed by atoms with Crippen LogP contribution in [0.2, 0.25) is 0 Å². The molecule has 1 heterocycles. The minimum atomic E-state index is -0.528. The summed E-state index contributed by atoms with van der Waals surface area (Å²) in [5.41, 5.74) is 7.20. The molecule has 3 N–H and O–H groups in total. The Hall–Kier alpha value is -1.92. The SMILES string of the molecule is CCC(CC)(CN)C(=O)Nc1nc(-c2ccc(OC)cc2)c(C)s1. The lowest BCUT2D eigenvalue weighted by molar-refractivity contribution is -0.125. The molecule has 0 spiro atoms. The molecule has 0 atom stereocenters. The van der Waals surface area contributed by atoms with Gasteiger partial charge in [-0.1, -0.05) is 13.8 Å². The summed E-state index contributed by atoms with van der Waals surface area (Å²) in [5, 5.41) is 3.57. The summed E-state index contributed by atoms with van der Waals surface area (Å²) in [7, 11) is 1.64. The fourth-order valence-electron chi connectivity index (χ4n) is 2.65. The van der Waals surface area contributed by atoms with E-state index in [1.54, 1.807) is 7.11 Å². The van der Waals surface area contributed by atoms with E-state index in [-0.39, 0.29) is 5.91 Å². The van der Waals surface area contributed by atoms with Crippen molar-refractivity contribution >= 4 is 22.4 Å². The third kappa shape index (κ3) is 3.60. The highest BCUT2D eigenvalue weighted by molar-refractivity contribution is 7.16. The molecular formula is C18H25N3O2S. The van der Waals surface area contributed by atoms with Gasteiger partial charge in [-0.2, -0.15) is 0 Å². The Kier molecular flexibility index (Phi) is 5.96. The molecule has 5 nitrogen and oxygen atoms in total. The Morgan fingerprint density at radius 2 is 1.92 bits per heavy atom. The average molecular weight is 347 g/mol. The zero-order valence-electron chi connectivity index (χ0n) is 14.7. The van der Waals surface area contributed by atoms with Crippen molar-refractivity contribution in [2.24, 2.45) is 11.1 Å². The van der Waals surface area contributed by atoms with E-state index in [1.807, 2.05) is 45.0 Å². The van der Waals surface area contributed by atoms with Gasteiger partial charge in [-0.05, 0) is 44.0 Å². The molecule has 0 aliphatic rings. The number of nitrogens with zero attached hydrogens (tertiary/aromatic N) is 1. The lowest BCUT2D eigenvalue weighted by Crippen LogP contribution is -2.41. The van der Waals surface area contributed by atoms with E-state index in [2.05, 4.69) is 10.3 Å². The van der Waals surface area contributed by atoms with Gasteiger partial charge in [0.15, 0.2) is 5.13 Å².